The molecule has 1 aliphatic rings. The molecule has 0 aliphatic carbocycles. The van der Waals surface area contributed by atoms with Gasteiger partial charge in [0.2, 0.25) is 5.43 Å². The second-order valence-corrected chi connectivity index (χ2v) is 13.0. The Labute approximate surface area is 299 Å². The fourth-order valence-corrected chi connectivity index (χ4v) is 6.51. The number of aromatic nitrogens is 2. The molecule has 6 aromatic rings. The van der Waals surface area contributed by atoms with Gasteiger partial charge >= 0.3 is 0 Å². The largest absolute Gasteiger partial charge is 0.493 e. The molecule has 1 fully saturated rings. The average molecular weight is 705 g/mol. The summed E-state index contributed by atoms with van der Waals surface area (Å²) in [4.78, 5) is 33.8. The van der Waals surface area contributed by atoms with Gasteiger partial charge in [-0.05, 0) is 86.8 Å². The number of amides is 1. The molecular weight excluding hydrogens is 666 g/mol. The van der Waals surface area contributed by atoms with Gasteiger partial charge in [-0.3, -0.25) is 14.6 Å². The van der Waals surface area contributed by atoms with Gasteiger partial charge in [-0.15, -0.1) is 0 Å². The topological polar surface area (TPSA) is 94.9 Å². The van der Waals surface area contributed by atoms with E-state index in [4.69, 9.17) is 14.2 Å². The van der Waals surface area contributed by atoms with Crippen molar-refractivity contribution in [1.29, 1.82) is 0 Å². The van der Waals surface area contributed by atoms with Crippen molar-refractivity contribution < 1.29 is 27.8 Å². The van der Waals surface area contributed by atoms with E-state index in [0.29, 0.717) is 40.3 Å². The molecule has 0 spiro atoms. The van der Waals surface area contributed by atoms with Gasteiger partial charge in [0, 0.05) is 47.5 Å². The minimum absolute atomic E-state index is 0.0930. The number of hydrogen-bond donors (Lipinski definition) is 1. The number of fused-ring (bicyclic) bond motifs is 2. The zero-order valence-electron chi connectivity index (χ0n) is 28.9. The van der Waals surface area contributed by atoms with E-state index in [2.05, 4.69) is 22.1 Å². The lowest BCUT2D eigenvalue weighted by molar-refractivity contribution is 0.102. The normalized spacial score (nSPS) is 13.7. The van der Waals surface area contributed by atoms with Crippen LogP contribution >= 0.6 is 0 Å². The molecule has 1 amide bonds. The van der Waals surface area contributed by atoms with Gasteiger partial charge in [-0.25, -0.2) is 8.78 Å². The van der Waals surface area contributed by atoms with Crippen LogP contribution in [0, 0.1) is 17.6 Å². The van der Waals surface area contributed by atoms with Gasteiger partial charge in [-0.1, -0.05) is 31.2 Å². The quantitative estimate of drug-likeness (QED) is 0.136. The first-order valence-electron chi connectivity index (χ1n) is 17.3. The Morgan fingerprint density at radius 2 is 1.67 bits per heavy atom. The van der Waals surface area contributed by atoms with Gasteiger partial charge in [-0.2, -0.15) is 0 Å². The summed E-state index contributed by atoms with van der Waals surface area (Å²) in [5.41, 5.74) is 0.506. The van der Waals surface area contributed by atoms with Crippen LogP contribution in [0.15, 0.2) is 102 Å². The molecule has 1 saturated heterocycles. The number of ether oxygens (including phenoxy) is 3. The number of carbonyl (C=O) groups is 1. The molecule has 266 valence electrons. The third kappa shape index (κ3) is 7.31. The number of halogens is 2. The number of nitrogens with one attached hydrogen (secondary N) is 1. The summed E-state index contributed by atoms with van der Waals surface area (Å²) in [6, 6.07) is 21.8. The monoisotopic (exact) mass is 704 g/mol. The molecular formula is C41H38F2N4O5. The van der Waals surface area contributed by atoms with Gasteiger partial charge < -0.3 is 29.0 Å². The van der Waals surface area contributed by atoms with Crippen LogP contribution in [-0.4, -0.2) is 53.7 Å². The minimum atomic E-state index is -0.778. The summed E-state index contributed by atoms with van der Waals surface area (Å²) in [6.45, 7) is 6.05. The number of para-hydroxylation sites is 2. The number of methoxy groups -OCH3 is 1. The lowest BCUT2D eigenvalue weighted by atomic mass is 9.99. The number of anilines is 1. The van der Waals surface area contributed by atoms with Gasteiger partial charge in [0.05, 0.1) is 30.4 Å². The van der Waals surface area contributed by atoms with Crippen LogP contribution < -0.4 is 25.0 Å². The van der Waals surface area contributed by atoms with E-state index in [1.165, 1.54) is 41.8 Å². The number of carbonyl (C=O) groups excluding carboxylic acids is 1. The van der Waals surface area contributed by atoms with E-state index in [9.17, 15) is 14.0 Å². The smallest absolute Gasteiger partial charge is 0.261 e. The summed E-state index contributed by atoms with van der Waals surface area (Å²) in [5, 5.41) is 3.42. The molecule has 0 atom stereocenters. The third-order valence-electron chi connectivity index (χ3n) is 9.42. The van der Waals surface area contributed by atoms with Crippen molar-refractivity contribution in [2.45, 2.75) is 26.2 Å². The third-order valence-corrected chi connectivity index (χ3v) is 9.42. The second-order valence-electron chi connectivity index (χ2n) is 13.0. The summed E-state index contributed by atoms with van der Waals surface area (Å²) in [6.07, 6.45) is 6.21. The SMILES string of the molecule is COc1cc2c(Oc3ccc(NC(=O)c4cn(-c5ccccc5F)c5ccccc5c4=O)cc3F)ccnc2cc1OCCCN1CCC(C)CC1. The number of pyridine rings is 2. The molecule has 9 nitrogen and oxygen atoms in total. The standard InChI is InChI=1S/C41H38F2N4O5/c1-26-15-19-46(20-16-26)18-7-21-51-39-24-33-29(23-38(39)50-2)36(14-17-44-33)52-37-13-12-27(22-32(37)43)45-41(49)30-25-47(35-11-6-4-9-31(35)42)34-10-5-3-8-28(34)40(30)48/h3-6,8-14,17,22-26H,7,15-16,18-21H2,1-2H3,(H,45,49). The fourth-order valence-electron chi connectivity index (χ4n) is 6.51. The van der Waals surface area contributed by atoms with Gasteiger partial charge in [0.1, 0.15) is 17.1 Å². The van der Waals surface area contributed by atoms with Gasteiger partial charge in [0.15, 0.2) is 23.1 Å². The first-order chi connectivity index (χ1) is 25.3. The van der Waals surface area contributed by atoms with Crippen molar-refractivity contribution in [3.63, 3.8) is 0 Å². The average Bonchev–Trinajstić information content (AvgIpc) is 3.15. The van der Waals surface area contributed by atoms with Crippen LogP contribution in [0.4, 0.5) is 14.5 Å². The van der Waals surface area contributed by atoms with E-state index in [-0.39, 0.29) is 28.1 Å². The highest BCUT2D eigenvalue weighted by Gasteiger charge is 2.20. The summed E-state index contributed by atoms with van der Waals surface area (Å²) < 4.78 is 49.5. The Balaban J connectivity index is 1.07. The number of benzene rings is 4. The Bertz CT molecular complexity index is 2320. The highest BCUT2D eigenvalue weighted by molar-refractivity contribution is 6.06. The number of nitrogens with zero attached hydrogens (tertiary/aromatic N) is 3. The molecule has 0 bridgehead atoms. The van der Waals surface area contributed by atoms with Crippen molar-refractivity contribution in [3.05, 3.63) is 125 Å². The summed E-state index contributed by atoms with van der Waals surface area (Å²) in [7, 11) is 1.56. The molecule has 2 aromatic heterocycles. The Kier molecular flexibility index (Phi) is 10.1. The lowest BCUT2D eigenvalue weighted by Gasteiger charge is -2.30. The molecule has 4 aromatic carbocycles. The summed E-state index contributed by atoms with van der Waals surface area (Å²) in [5.74, 6) is 0.0464. The van der Waals surface area contributed by atoms with Crippen LogP contribution in [0.2, 0.25) is 0 Å². The van der Waals surface area contributed by atoms with Crippen LogP contribution in [0.5, 0.6) is 23.0 Å². The van der Waals surface area contributed by atoms with Crippen molar-refractivity contribution in [2.75, 3.05) is 38.7 Å². The van der Waals surface area contributed by atoms with Crippen LogP contribution in [-0.2, 0) is 0 Å². The number of rotatable bonds is 11. The first-order valence-corrected chi connectivity index (χ1v) is 17.3. The number of hydrogen-bond acceptors (Lipinski definition) is 7. The molecule has 0 radical (unpaired) electrons. The maximum atomic E-state index is 15.5. The molecule has 0 unspecified atom stereocenters. The van der Waals surface area contributed by atoms with Crippen molar-refractivity contribution in [1.82, 2.24) is 14.5 Å². The highest BCUT2D eigenvalue weighted by atomic mass is 19.1. The predicted octanol–water partition coefficient (Wildman–Crippen LogP) is 8.37. The Morgan fingerprint density at radius 1 is 0.885 bits per heavy atom. The summed E-state index contributed by atoms with van der Waals surface area (Å²) >= 11 is 0. The highest BCUT2D eigenvalue weighted by Crippen LogP contribution is 2.38. The van der Waals surface area contributed by atoms with Crippen molar-refractivity contribution in [2.24, 2.45) is 5.92 Å². The van der Waals surface area contributed by atoms with E-state index in [0.717, 1.165) is 38.0 Å². The molecule has 1 N–H and O–H groups in total. The maximum Gasteiger partial charge on any atom is 0.261 e. The van der Waals surface area contributed by atoms with E-state index < -0.39 is 23.0 Å². The Morgan fingerprint density at radius 3 is 2.46 bits per heavy atom. The minimum Gasteiger partial charge on any atom is -0.493 e. The van der Waals surface area contributed by atoms with Crippen LogP contribution in [0.3, 0.4) is 0 Å². The van der Waals surface area contributed by atoms with Crippen LogP contribution in [0.1, 0.15) is 36.5 Å². The molecule has 52 heavy (non-hydrogen) atoms. The molecule has 3 heterocycles. The Hall–Kier alpha value is -5.81. The zero-order valence-corrected chi connectivity index (χ0v) is 28.9. The van der Waals surface area contributed by atoms with E-state index in [1.807, 2.05) is 0 Å². The van der Waals surface area contributed by atoms with Crippen molar-refractivity contribution in [3.8, 4) is 28.7 Å². The zero-order chi connectivity index (χ0) is 36.2. The van der Waals surface area contributed by atoms with Crippen molar-refractivity contribution >= 4 is 33.4 Å². The molecule has 11 heteroatoms. The fraction of sp³-hybridized carbons (Fsp3) is 0.244. The predicted molar refractivity (Wildman–Crippen MR) is 197 cm³/mol. The van der Waals surface area contributed by atoms with Gasteiger partial charge in [0.25, 0.3) is 5.91 Å². The van der Waals surface area contributed by atoms with Crippen LogP contribution in [0.25, 0.3) is 27.5 Å². The number of piperidine rings is 1. The molecule has 1 aliphatic heterocycles. The van der Waals surface area contributed by atoms with E-state index in [1.54, 1.807) is 74.0 Å². The lowest BCUT2D eigenvalue weighted by Crippen LogP contribution is -2.34. The number of likely N-dealkylation sites (tertiary alicyclic amines) is 1. The second kappa shape index (κ2) is 15.2. The van der Waals surface area contributed by atoms with E-state index >= 15 is 4.39 Å². The molecule has 7 rings (SSSR count). The molecule has 0 saturated carbocycles. The maximum absolute atomic E-state index is 15.5. The first kappa shape index (κ1) is 34.6.